The Morgan fingerprint density at radius 2 is 2.15 bits per heavy atom. The van der Waals surface area contributed by atoms with Crippen molar-refractivity contribution in [3.8, 4) is 0 Å². The number of quaternary nitrogens is 1. The van der Waals surface area contributed by atoms with Gasteiger partial charge < -0.3 is 0 Å². The van der Waals surface area contributed by atoms with Gasteiger partial charge in [-0.25, -0.2) is 9.63 Å². The number of hydrogen-bond donors (Lipinski definition) is 0. The molecular formula is C9H18NO3+. The van der Waals surface area contributed by atoms with Crippen molar-refractivity contribution in [3.63, 3.8) is 0 Å². The van der Waals surface area contributed by atoms with Crippen molar-refractivity contribution in [1.29, 1.82) is 0 Å². The lowest BCUT2D eigenvalue weighted by atomic mass is 10.5. The third-order valence-corrected chi connectivity index (χ3v) is 1.48. The van der Waals surface area contributed by atoms with E-state index in [0.717, 1.165) is 12.5 Å². The second-order valence-electron chi connectivity index (χ2n) is 2.77. The molecule has 0 aromatic rings. The smallest absolute Gasteiger partial charge is 0.240 e. The van der Waals surface area contributed by atoms with Gasteiger partial charge in [-0.2, -0.15) is 4.84 Å². The maximum atomic E-state index is 10.9. The largest absolute Gasteiger partial charge is 0.394 e. The predicted molar refractivity (Wildman–Crippen MR) is 49.3 cm³/mol. The van der Waals surface area contributed by atoms with E-state index in [1.165, 1.54) is 0 Å². The van der Waals surface area contributed by atoms with Crippen molar-refractivity contribution in [3.05, 3.63) is 12.7 Å². The van der Waals surface area contributed by atoms with Crippen molar-refractivity contribution in [2.45, 2.75) is 20.3 Å². The van der Waals surface area contributed by atoms with E-state index in [1.54, 1.807) is 7.05 Å². The van der Waals surface area contributed by atoms with E-state index in [1.807, 2.05) is 13.8 Å². The lowest BCUT2D eigenvalue weighted by Crippen LogP contribution is -2.45. The first-order valence-electron chi connectivity index (χ1n) is 4.44. The number of hydroxylamine groups is 4. The van der Waals surface area contributed by atoms with Gasteiger partial charge in [-0.1, -0.05) is 13.5 Å². The molecule has 0 aromatic carbocycles. The second kappa shape index (κ2) is 5.72. The Kier molecular flexibility index (Phi) is 5.34. The van der Waals surface area contributed by atoms with Gasteiger partial charge in [0.1, 0.15) is 13.7 Å². The molecule has 0 amide bonds. The lowest BCUT2D eigenvalue weighted by molar-refractivity contribution is -1.22. The summed E-state index contributed by atoms with van der Waals surface area (Å²) in [5.74, 6) is -0.468. The van der Waals surface area contributed by atoms with Crippen molar-refractivity contribution in [1.82, 2.24) is 0 Å². The molecule has 0 aliphatic heterocycles. The Balaban J connectivity index is 4.21. The summed E-state index contributed by atoms with van der Waals surface area (Å²) in [5.41, 5.74) is 0. The maximum Gasteiger partial charge on any atom is 0.394 e. The molecule has 0 saturated heterocycles. The number of hydrogen-bond acceptors (Lipinski definition) is 3. The van der Waals surface area contributed by atoms with Crippen LogP contribution in [0.25, 0.3) is 0 Å². The predicted octanol–water partition coefficient (Wildman–Crippen LogP) is 1.44. The highest BCUT2D eigenvalue weighted by molar-refractivity contribution is 5.80. The van der Waals surface area contributed by atoms with E-state index >= 15 is 0 Å². The molecule has 0 fully saturated rings. The molecule has 1 unspecified atom stereocenters. The minimum Gasteiger partial charge on any atom is -0.240 e. The molecule has 0 spiro atoms. The van der Waals surface area contributed by atoms with E-state index < -0.39 is 5.97 Å². The van der Waals surface area contributed by atoms with Gasteiger partial charge >= 0.3 is 5.97 Å². The van der Waals surface area contributed by atoms with Gasteiger partial charge in [0, 0.05) is 17.3 Å². The normalized spacial score (nSPS) is 14.7. The number of carbonyl (C=O) groups is 1. The van der Waals surface area contributed by atoms with Gasteiger partial charge in [0.25, 0.3) is 0 Å². The van der Waals surface area contributed by atoms with Crippen molar-refractivity contribution >= 4 is 5.97 Å². The third kappa shape index (κ3) is 4.65. The van der Waals surface area contributed by atoms with E-state index in [4.69, 9.17) is 9.68 Å². The highest BCUT2D eigenvalue weighted by Crippen LogP contribution is 2.07. The Labute approximate surface area is 79.2 Å². The van der Waals surface area contributed by atoms with Crippen molar-refractivity contribution < 1.29 is 19.3 Å². The van der Waals surface area contributed by atoms with Crippen LogP contribution in [0.1, 0.15) is 20.3 Å². The molecule has 0 heterocycles. The van der Waals surface area contributed by atoms with Gasteiger partial charge in [0.2, 0.25) is 0 Å². The van der Waals surface area contributed by atoms with Gasteiger partial charge in [-0.3, -0.25) is 0 Å². The van der Waals surface area contributed by atoms with Crippen LogP contribution in [-0.4, -0.2) is 31.0 Å². The molecule has 0 saturated carbocycles. The average Bonchev–Trinajstić information content (AvgIpc) is 2.04. The van der Waals surface area contributed by atoms with Crippen LogP contribution in [0.3, 0.4) is 0 Å². The topological polar surface area (TPSA) is 35.5 Å². The van der Waals surface area contributed by atoms with E-state index in [2.05, 4.69) is 6.58 Å². The molecule has 0 radical (unpaired) electrons. The molecule has 0 N–H and O–H groups in total. The maximum absolute atomic E-state index is 10.9. The lowest BCUT2D eigenvalue weighted by Gasteiger charge is -2.26. The summed E-state index contributed by atoms with van der Waals surface area (Å²) in [6, 6.07) is 0. The molecule has 4 heteroatoms. The van der Waals surface area contributed by atoms with Gasteiger partial charge in [-0.05, 0) is 6.92 Å². The summed E-state index contributed by atoms with van der Waals surface area (Å²) < 4.78 is 0. The highest BCUT2D eigenvalue weighted by Gasteiger charge is 2.27. The summed E-state index contributed by atoms with van der Waals surface area (Å²) in [6.45, 7) is 8.31. The molecule has 0 aliphatic carbocycles. The average molecular weight is 188 g/mol. The number of carbonyl (C=O) groups excluding carboxylic acids is 1. The number of nitrogens with zero attached hydrogens (tertiary/aromatic N) is 1. The molecule has 13 heavy (non-hydrogen) atoms. The van der Waals surface area contributed by atoms with Crippen molar-refractivity contribution in [2.75, 3.05) is 20.2 Å². The summed E-state index contributed by atoms with van der Waals surface area (Å²) in [4.78, 5) is 21.1. The minimum absolute atomic E-state index is 0.141. The second-order valence-corrected chi connectivity index (χ2v) is 2.77. The van der Waals surface area contributed by atoms with Crippen LogP contribution in [0.2, 0.25) is 0 Å². The Bertz CT molecular complexity index is 174. The Morgan fingerprint density at radius 3 is 2.54 bits per heavy atom. The van der Waals surface area contributed by atoms with E-state index in [9.17, 15) is 4.79 Å². The first kappa shape index (κ1) is 12.1. The molecule has 0 aliphatic rings. The minimum atomic E-state index is -0.468. The zero-order valence-electron chi connectivity index (χ0n) is 8.58. The van der Waals surface area contributed by atoms with Crippen LogP contribution < -0.4 is 0 Å². The molecule has 0 bridgehead atoms. The van der Waals surface area contributed by atoms with Crippen LogP contribution in [0.4, 0.5) is 0 Å². The van der Waals surface area contributed by atoms with Gasteiger partial charge in [0.05, 0.1) is 0 Å². The van der Waals surface area contributed by atoms with Crippen LogP contribution in [0.15, 0.2) is 12.7 Å². The molecule has 0 rings (SSSR count). The summed E-state index contributed by atoms with van der Waals surface area (Å²) in [6.07, 6.45) is 2.01. The van der Waals surface area contributed by atoms with Crippen LogP contribution in [0, 0.1) is 0 Å². The first-order valence-corrected chi connectivity index (χ1v) is 4.44. The van der Waals surface area contributed by atoms with Gasteiger partial charge in [-0.15, -0.1) is 0 Å². The SMILES string of the molecule is C=CC(=O)O[N+](C)(CCC)OCC. The van der Waals surface area contributed by atoms with E-state index in [-0.39, 0.29) is 4.81 Å². The first-order chi connectivity index (χ1) is 6.08. The number of rotatable bonds is 6. The molecule has 76 valence electrons. The fraction of sp³-hybridized carbons (Fsp3) is 0.667. The highest BCUT2D eigenvalue weighted by atomic mass is 17.0. The zero-order valence-corrected chi connectivity index (χ0v) is 8.58. The standard InChI is InChI=1S/C9H18NO3/c1-5-8-10(4,12-7-3)13-9(11)6-2/h6H,2,5,7-8H2,1,3-4H3/q+1. The fourth-order valence-corrected chi connectivity index (χ4v) is 1.04. The fourth-order valence-electron chi connectivity index (χ4n) is 1.04. The van der Waals surface area contributed by atoms with Crippen LogP contribution in [0.5, 0.6) is 0 Å². The molecular weight excluding hydrogens is 170 g/mol. The summed E-state index contributed by atoms with van der Waals surface area (Å²) in [7, 11) is 1.70. The monoisotopic (exact) mass is 188 g/mol. The van der Waals surface area contributed by atoms with E-state index in [0.29, 0.717) is 13.2 Å². The Hall–Kier alpha value is -0.870. The zero-order chi connectivity index (χ0) is 10.3. The van der Waals surface area contributed by atoms with Crippen LogP contribution >= 0.6 is 0 Å². The summed E-state index contributed by atoms with van der Waals surface area (Å²) in [5, 5.41) is 0. The quantitative estimate of drug-likeness (QED) is 0.359. The molecule has 4 nitrogen and oxygen atoms in total. The summed E-state index contributed by atoms with van der Waals surface area (Å²) >= 11 is 0. The van der Waals surface area contributed by atoms with Crippen LogP contribution in [-0.2, 0) is 14.5 Å². The van der Waals surface area contributed by atoms with Gasteiger partial charge in [0.15, 0.2) is 6.54 Å². The molecule has 1 atom stereocenters. The van der Waals surface area contributed by atoms with Crippen molar-refractivity contribution in [2.24, 2.45) is 0 Å². The third-order valence-electron chi connectivity index (χ3n) is 1.48. The Morgan fingerprint density at radius 1 is 1.54 bits per heavy atom. The molecule has 0 aromatic heterocycles.